The van der Waals surface area contributed by atoms with E-state index in [9.17, 15) is 0 Å². The second-order valence-electron chi connectivity index (χ2n) is 9.81. The lowest BCUT2D eigenvalue weighted by Crippen LogP contribution is -2.48. The van der Waals surface area contributed by atoms with Crippen LogP contribution in [0.25, 0.3) is 33.4 Å². The van der Waals surface area contributed by atoms with E-state index in [1.807, 2.05) is 72.9 Å². The van der Waals surface area contributed by atoms with E-state index in [0.29, 0.717) is 5.02 Å². The van der Waals surface area contributed by atoms with Crippen LogP contribution in [0.3, 0.4) is 0 Å². The molecule has 2 aromatic heterocycles. The van der Waals surface area contributed by atoms with Crippen LogP contribution in [0.4, 0.5) is 11.6 Å². The zero-order valence-corrected chi connectivity index (χ0v) is 23.2. The van der Waals surface area contributed by atoms with Gasteiger partial charge in [0.25, 0.3) is 0 Å². The Morgan fingerprint density at radius 1 is 0.825 bits per heavy atom. The maximum atomic E-state index is 6.14. The first kappa shape index (κ1) is 26.0. The Morgan fingerprint density at radius 2 is 1.55 bits per heavy atom. The van der Waals surface area contributed by atoms with E-state index in [1.165, 1.54) is 0 Å². The molecule has 1 saturated heterocycles. The van der Waals surface area contributed by atoms with Crippen molar-refractivity contribution >= 4 is 34.1 Å². The topological polar surface area (TPSA) is 66.4 Å². The number of pyridine rings is 1. The number of nitrogens with one attached hydrogen (secondary N) is 1. The minimum Gasteiger partial charge on any atom is -0.497 e. The number of benzene rings is 3. The number of piperazine rings is 1. The lowest BCUT2D eigenvalue weighted by molar-refractivity contribution is 0.266. The van der Waals surface area contributed by atoms with Crippen LogP contribution in [0.5, 0.6) is 5.75 Å². The Labute approximate surface area is 239 Å². The fourth-order valence-corrected chi connectivity index (χ4v) is 5.20. The van der Waals surface area contributed by atoms with E-state index in [-0.39, 0.29) is 0 Å². The predicted molar refractivity (Wildman–Crippen MR) is 163 cm³/mol. The quantitative estimate of drug-likeness (QED) is 0.245. The van der Waals surface area contributed by atoms with Crippen LogP contribution in [0.1, 0.15) is 0 Å². The summed E-state index contributed by atoms with van der Waals surface area (Å²) in [5, 5.41) is 5.37. The molecule has 202 valence electrons. The zero-order valence-electron chi connectivity index (χ0n) is 22.4. The van der Waals surface area contributed by atoms with Crippen LogP contribution in [0, 0.1) is 0 Å². The molecule has 40 heavy (non-hydrogen) atoms. The van der Waals surface area contributed by atoms with Crippen LogP contribution in [0.15, 0.2) is 91.1 Å². The van der Waals surface area contributed by atoms with Crippen molar-refractivity contribution in [2.45, 2.75) is 0 Å². The van der Waals surface area contributed by atoms with Crippen molar-refractivity contribution in [1.29, 1.82) is 0 Å². The molecule has 0 bridgehead atoms. The van der Waals surface area contributed by atoms with E-state index >= 15 is 0 Å². The van der Waals surface area contributed by atoms with Gasteiger partial charge in [-0.2, -0.15) is 0 Å². The molecule has 3 heterocycles. The maximum absolute atomic E-state index is 6.14. The third-order valence-corrected chi connectivity index (χ3v) is 7.51. The van der Waals surface area contributed by atoms with Crippen LogP contribution in [-0.4, -0.2) is 66.2 Å². The van der Waals surface area contributed by atoms with Gasteiger partial charge >= 0.3 is 0 Å². The molecule has 0 spiro atoms. The van der Waals surface area contributed by atoms with Gasteiger partial charge in [-0.15, -0.1) is 0 Å². The summed E-state index contributed by atoms with van der Waals surface area (Å²) in [5.74, 6) is 1.60. The number of anilines is 2. The number of nitrogens with zero attached hydrogens (tertiary/aromatic N) is 5. The van der Waals surface area contributed by atoms with E-state index in [1.54, 1.807) is 7.11 Å². The van der Waals surface area contributed by atoms with Crippen LogP contribution in [0.2, 0.25) is 5.02 Å². The second-order valence-corrected chi connectivity index (χ2v) is 10.2. The molecule has 0 unspecified atom stereocenters. The van der Waals surface area contributed by atoms with Crippen molar-refractivity contribution < 1.29 is 4.74 Å². The summed E-state index contributed by atoms with van der Waals surface area (Å²) in [6, 6.07) is 28.2. The Bertz CT molecular complexity index is 1590. The minimum atomic E-state index is 0.699. The first-order valence-electron chi connectivity index (χ1n) is 13.5. The largest absolute Gasteiger partial charge is 0.497 e. The summed E-state index contributed by atoms with van der Waals surface area (Å²) in [6.45, 7) is 5.45. The highest BCUT2D eigenvalue weighted by atomic mass is 35.5. The van der Waals surface area contributed by atoms with Crippen molar-refractivity contribution in [1.82, 2.24) is 19.9 Å². The summed E-state index contributed by atoms with van der Waals surface area (Å²) in [5.41, 5.74) is 5.93. The third kappa shape index (κ3) is 5.86. The molecule has 3 aromatic carbocycles. The smallest absolute Gasteiger partial charge is 0.226 e. The van der Waals surface area contributed by atoms with Gasteiger partial charge in [-0.25, -0.2) is 9.97 Å². The molecule has 7 nitrogen and oxygen atoms in total. The number of aromatic nitrogens is 3. The fraction of sp³-hybridized carbons (Fsp3) is 0.219. The van der Waals surface area contributed by atoms with Crippen LogP contribution >= 0.6 is 11.6 Å². The molecular weight excluding hydrogens is 520 g/mol. The molecule has 5 aromatic rings. The number of hydrogen-bond acceptors (Lipinski definition) is 7. The minimum absolute atomic E-state index is 0.699. The molecule has 1 aliphatic rings. The number of methoxy groups -OCH3 is 1. The van der Waals surface area contributed by atoms with Gasteiger partial charge in [0.1, 0.15) is 5.75 Å². The standard InChI is InChI=1S/C32H31ClN6O/c1-40-26-10-7-24(8-11-26)30-22-29(23-5-3-2-4-6-23)36-32(37-30)39-19-17-38(18-20-39)16-15-35-28-13-14-34-31-21-25(33)9-12-27(28)31/h2-14,21-22H,15-20H2,1H3,(H,34,35). The number of rotatable bonds is 8. The Morgan fingerprint density at radius 3 is 2.27 bits per heavy atom. The van der Waals surface area contributed by atoms with Gasteiger partial charge in [-0.05, 0) is 54.6 Å². The molecular formula is C32H31ClN6O. The van der Waals surface area contributed by atoms with Gasteiger partial charge < -0.3 is 15.0 Å². The first-order valence-corrected chi connectivity index (χ1v) is 13.9. The Balaban J connectivity index is 1.14. The molecule has 1 fully saturated rings. The van der Waals surface area contributed by atoms with Gasteiger partial charge in [0.15, 0.2) is 0 Å². The van der Waals surface area contributed by atoms with Gasteiger partial charge in [0, 0.05) is 72.7 Å². The average molecular weight is 551 g/mol. The Hall–Kier alpha value is -4.20. The molecule has 6 rings (SSSR count). The van der Waals surface area contributed by atoms with Crippen LogP contribution < -0.4 is 15.0 Å². The molecule has 1 aliphatic heterocycles. The van der Waals surface area contributed by atoms with E-state index in [0.717, 1.165) is 90.1 Å². The summed E-state index contributed by atoms with van der Waals surface area (Å²) in [4.78, 5) is 19.2. The molecule has 0 saturated carbocycles. The summed E-state index contributed by atoms with van der Waals surface area (Å²) >= 11 is 6.14. The third-order valence-electron chi connectivity index (χ3n) is 7.27. The van der Waals surface area contributed by atoms with Gasteiger partial charge in [-0.1, -0.05) is 41.9 Å². The highest BCUT2D eigenvalue weighted by molar-refractivity contribution is 6.31. The molecule has 0 atom stereocenters. The molecule has 8 heteroatoms. The average Bonchev–Trinajstić information content (AvgIpc) is 3.01. The van der Waals surface area contributed by atoms with E-state index in [4.69, 9.17) is 26.3 Å². The Kier molecular flexibility index (Phi) is 7.75. The fourth-order valence-electron chi connectivity index (χ4n) is 5.04. The normalized spacial score (nSPS) is 13.9. The summed E-state index contributed by atoms with van der Waals surface area (Å²) in [7, 11) is 1.68. The maximum Gasteiger partial charge on any atom is 0.226 e. The van der Waals surface area contributed by atoms with Crippen molar-refractivity contribution in [2.24, 2.45) is 0 Å². The molecule has 1 N–H and O–H groups in total. The van der Waals surface area contributed by atoms with Crippen molar-refractivity contribution in [3.63, 3.8) is 0 Å². The van der Waals surface area contributed by atoms with E-state index in [2.05, 4.69) is 38.3 Å². The molecule has 0 amide bonds. The zero-order chi connectivity index (χ0) is 27.3. The lowest BCUT2D eigenvalue weighted by atomic mass is 10.1. The van der Waals surface area contributed by atoms with Gasteiger partial charge in [0.05, 0.1) is 24.0 Å². The lowest BCUT2D eigenvalue weighted by Gasteiger charge is -2.35. The first-order chi connectivity index (χ1) is 19.7. The number of ether oxygens (including phenoxy) is 1. The van der Waals surface area contributed by atoms with Crippen molar-refractivity contribution in [3.8, 4) is 28.3 Å². The van der Waals surface area contributed by atoms with Gasteiger partial charge in [-0.3, -0.25) is 9.88 Å². The highest BCUT2D eigenvalue weighted by Gasteiger charge is 2.20. The second kappa shape index (κ2) is 11.9. The van der Waals surface area contributed by atoms with Crippen molar-refractivity contribution in [3.05, 3.63) is 96.1 Å². The van der Waals surface area contributed by atoms with Crippen LogP contribution in [-0.2, 0) is 0 Å². The van der Waals surface area contributed by atoms with Gasteiger partial charge in [0.2, 0.25) is 5.95 Å². The summed E-state index contributed by atoms with van der Waals surface area (Å²) < 4.78 is 5.35. The number of fused-ring (bicyclic) bond motifs is 1. The highest BCUT2D eigenvalue weighted by Crippen LogP contribution is 2.28. The van der Waals surface area contributed by atoms with Crippen molar-refractivity contribution in [2.75, 3.05) is 56.6 Å². The summed E-state index contributed by atoms with van der Waals surface area (Å²) in [6.07, 6.45) is 1.82. The predicted octanol–water partition coefficient (Wildman–Crippen LogP) is 6.25. The number of halogens is 1. The van der Waals surface area contributed by atoms with E-state index < -0.39 is 0 Å². The molecule has 0 radical (unpaired) electrons. The number of hydrogen-bond donors (Lipinski definition) is 1. The SMILES string of the molecule is COc1ccc(-c2cc(-c3ccccc3)nc(N3CCN(CCNc4ccnc5cc(Cl)ccc45)CC3)n2)cc1. The molecule has 0 aliphatic carbocycles. The monoisotopic (exact) mass is 550 g/mol.